The number of esters is 1. The first kappa shape index (κ1) is 70.8. The minimum atomic E-state index is -0.840. The van der Waals surface area contributed by atoms with Crippen LogP contribution in [0.5, 0.6) is 0 Å². The molecule has 3 N–H and O–H groups in total. The number of unbranched alkanes of at least 4 members (excludes halogenated alkanes) is 43. The number of carbonyl (C=O) groups excluding carboxylic acids is 2. The SMILES string of the molecule is CCCCC/C=C\C/C=C\CCCCCCCC(=O)OCCCCCCCCCCCCCC/C=C\CCCCCCCCCCCCCCCCCCC(=O)NC(CO)C(O)/C=C/CCCCCCCCC. The molecule has 2 atom stereocenters. The summed E-state index contributed by atoms with van der Waals surface area (Å²) in [5, 5.41) is 23.0. The van der Waals surface area contributed by atoms with E-state index in [-0.39, 0.29) is 18.5 Å². The molecule has 1 amide bonds. The smallest absolute Gasteiger partial charge is 0.305 e. The van der Waals surface area contributed by atoms with Crippen molar-refractivity contribution in [2.45, 2.75) is 353 Å². The number of carbonyl (C=O) groups is 2. The van der Waals surface area contributed by atoms with Crippen LogP contribution >= 0.6 is 0 Å². The van der Waals surface area contributed by atoms with Gasteiger partial charge in [-0.15, -0.1) is 0 Å². The van der Waals surface area contributed by atoms with Crippen molar-refractivity contribution in [1.29, 1.82) is 0 Å². The van der Waals surface area contributed by atoms with Crippen molar-refractivity contribution in [3.8, 4) is 0 Å². The zero-order chi connectivity index (χ0) is 52.9. The lowest BCUT2D eigenvalue weighted by Crippen LogP contribution is -2.45. The molecule has 0 bridgehead atoms. The molecule has 0 aliphatic carbocycles. The van der Waals surface area contributed by atoms with Gasteiger partial charge in [0, 0.05) is 12.8 Å². The molecule has 0 saturated carbocycles. The van der Waals surface area contributed by atoms with Crippen LogP contribution in [0.3, 0.4) is 0 Å². The average Bonchev–Trinajstić information content (AvgIpc) is 3.39. The molecule has 0 aliphatic rings. The van der Waals surface area contributed by atoms with Crippen LogP contribution in [0.15, 0.2) is 48.6 Å². The van der Waals surface area contributed by atoms with Gasteiger partial charge in [-0.2, -0.15) is 0 Å². The monoisotopic (exact) mass is 1020 g/mol. The topological polar surface area (TPSA) is 95.9 Å². The second-order valence-electron chi connectivity index (χ2n) is 22.1. The average molecular weight is 1020 g/mol. The first-order valence-electron chi connectivity index (χ1n) is 32.4. The van der Waals surface area contributed by atoms with E-state index in [0.29, 0.717) is 19.4 Å². The summed E-state index contributed by atoms with van der Waals surface area (Å²) in [6, 6.07) is -0.624. The van der Waals surface area contributed by atoms with Gasteiger partial charge >= 0.3 is 5.97 Å². The third kappa shape index (κ3) is 58.9. The largest absolute Gasteiger partial charge is 0.466 e. The maximum Gasteiger partial charge on any atom is 0.305 e. The lowest BCUT2D eigenvalue weighted by molar-refractivity contribution is -0.143. The molecule has 428 valence electrons. The number of ether oxygens (including phenoxy) is 1. The Balaban J connectivity index is 3.34. The zero-order valence-electron chi connectivity index (χ0n) is 48.9. The number of rotatable bonds is 60. The lowest BCUT2D eigenvalue weighted by Gasteiger charge is -2.20. The molecule has 0 aliphatic heterocycles. The molecule has 0 rings (SSSR count). The summed E-state index contributed by atoms with van der Waals surface area (Å²) >= 11 is 0. The Morgan fingerprint density at radius 2 is 0.685 bits per heavy atom. The maximum atomic E-state index is 12.4. The fourth-order valence-electron chi connectivity index (χ4n) is 9.84. The molecule has 0 heterocycles. The second kappa shape index (κ2) is 62.4. The van der Waals surface area contributed by atoms with Crippen LogP contribution < -0.4 is 5.32 Å². The van der Waals surface area contributed by atoms with E-state index < -0.39 is 12.1 Å². The molecule has 73 heavy (non-hydrogen) atoms. The second-order valence-corrected chi connectivity index (χ2v) is 22.1. The van der Waals surface area contributed by atoms with E-state index in [4.69, 9.17) is 4.74 Å². The molecule has 6 nitrogen and oxygen atoms in total. The van der Waals surface area contributed by atoms with Gasteiger partial charge in [0.15, 0.2) is 0 Å². The van der Waals surface area contributed by atoms with Crippen molar-refractivity contribution >= 4 is 11.9 Å². The number of aliphatic hydroxyl groups is 2. The summed E-state index contributed by atoms with van der Waals surface area (Å²) in [5.74, 6) is -0.0642. The molecule has 0 spiro atoms. The van der Waals surface area contributed by atoms with Gasteiger partial charge in [-0.3, -0.25) is 9.59 Å². The van der Waals surface area contributed by atoms with Gasteiger partial charge in [0.25, 0.3) is 0 Å². The van der Waals surface area contributed by atoms with Crippen molar-refractivity contribution < 1.29 is 24.5 Å². The third-order valence-corrected chi connectivity index (χ3v) is 14.8. The van der Waals surface area contributed by atoms with Crippen LogP contribution in [0, 0.1) is 0 Å². The molecule has 0 saturated heterocycles. The van der Waals surface area contributed by atoms with E-state index in [0.717, 1.165) is 51.4 Å². The van der Waals surface area contributed by atoms with Gasteiger partial charge < -0.3 is 20.3 Å². The van der Waals surface area contributed by atoms with Crippen molar-refractivity contribution in [3.63, 3.8) is 0 Å². The highest BCUT2D eigenvalue weighted by molar-refractivity contribution is 5.76. The number of hydrogen-bond acceptors (Lipinski definition) is 5. The highest BCUT2D eigenvalue weighted by atomic mass is 16.5. The number of aliphatic hydroxyl groups excluding tert-OH is 2. The summed E-state index contributed by atoms with van der Waals surface area (Å²) in [6.45, 7) is 4.85. The van der Waals surface area contributed by atoms with Crippen LogP contribution in [0.4, 0.5) is 0 Å². The van der Waals surface area contributed by atoms with Crippen LogP contribution in [0.2, 0.25) is 0 Å². The van der Waals surface area contributed by atoms with Gasteiger partial charge in [0.1, 0.15) is 0 Å². The summed E-state index contributed by atoms with van der Waals surface area (Å²) in [7, 11) is 0. The minimum Gasteiger partial charge on any atom is -0.466 e. The Morgan fingerprint density at radius 3 is 1.08 bits per heavy atom. The van der Waals surface area contributed by atoms with E-state index in [1.165, 1.54) is 263 Å². The Labute approximate surface area is 455 Å². The Hall–Kier alpha value is -2.18. The van der Waals surface area contributed by atoms with Crippen LogP contribution in [-0.4, -0.2) is 47.4 Å². The number of nitrogens with one attached hydrogen (secondary N) is 1. The Morgan fingerprint density at radius 1 is 0.384 bits per heavy atom. The molecule has 0 aromatic carbocycles. The molecule has 0 aromatic heterocycles. The Bertz CT molecular complexity index is 1230. The number of hydrogen-bond donors (Lipinski definition) is 3. The third-order valence-electron chi connectivity index (χ3n) is 14.8. The van der Waals surface area contributed by atoms with Gasteiger partial charge in [0.05, 0.1) is 25.4 Å². The van der Waals surface area contributed by atoms with Gasteiger partial charge in [-0.1, -0.05) is 287 Å². The maximum absolute atomic E-state index is 12.4. The standard InChI is InChI=1S/C67H125NO5/c1-3-5-7-9-11-13-14-15-34-38-41-45-49-53-57-61-67(72)73-62-58-54-50-46-42-39-36-33-31-29-27-25-23-21-19-17-16-18-20-22-24-26-28-30-32-35-37-40-44-48-52-56-60-66(71)68-64(63-69)65(70)59-55-51-47-43-12-10-8-6-4-2/h11,13,15,19,21,34,55,59,64-65,69-70H,3-10,12,14,16-18,20,22-33,35-54,56-58,60-63H2,1-2H3,(H,68,71)/b13-11-,21-19-,34-15-,59-55+. The fourth-order valence-corrected chi connectivity index (χ4v) is 9.84. The fraction of sp³-hybridized carbons (Fsp3) is 0.851. The molecule has 0 fully saturated rings. The van der Waals surface area contributed by atoms with E-state index in [2.05, 4.69) is 55.6 Å². The molecule has 0 radical (unpaired) electrons. The predicted molar refractivity (Wildman–Crippen MR) is 319 cm³/mol. The molecular formula is C67H125NO5. The number of amides is 1. The predicted octanol–water partition coefficient (Wildman–Crippen LogP) is 20.5. The summed E-state index contributed by atoms with van der Waals surface area (Å²) in [5.41, 5.74) is 0. The van der Waals surface area contributed by atoms with Crippen molar-refractivity contribution in [3.05, 3.63) is 48.6 Å². The van der Waals surface area contributed by atoms with E-state index in [9.17, 15) is 19.8 Å². The summed E-state index contributed by atoms with van der Waals surface area (Å²) < 4.78 is 5.48. The van der Waals surface area contributed by atoms with Crippen LogP contribution in [-0.2, 0) is 14.3 Å². The molecular weight excluding hydrogens is 899 g/mol. The minimum absolute atomic E-state index is 0.00353. The molecule has 0 aromatic rings. The highest BCUT2D eigenvalue weighted by Crippen LogP contribution is 2.17. The Kier molecular flexibility index (Phi) is 60.5. The van der Waals surface area contributed by atoms with Gasteiger partial charge in [0.2, 0.25) is 5.91 Å². The van der Waals surface area contributed by atoms with Crippen molar-refractivity contribution in [1.82, 2.24) is 5.32 Å². The van der Waals surface area contributed by atoms with E-state index >= 15 is 0 Å². The zero-order valence-corrected chi connectivity index (χ0v) is 48.9. The van der Waals surface area contributed by atoms with Crippen molar-refractivity contribution in [2.24, 2.45) is 0 Å². The molecule has 2 unspecified atom stereocenters. The van der Waals surface area contributed by atoms with Crippen LogP contribution in [0.25, 0.3) is 0 Å². The quantitative estimate of drug-likeness (QED) is 0.0320. The molecule has 6 heteroatoms. The summed E-state index contributed by atoms with van der Waals surface area (Å²) in [4.78, 5) is 24.4. The highest BCUT2D eigenvalue weighted by Gasteiger charge is 2.18. The normalized spacial score (nSPS) is 12.9. The van der Waals surface area contributed by atoms with Gasteiger partial charge in [-0.05, 0) is 89.9 Å². The summed E-state index contributed by atoms with van der Waals surface area (Å²) in [6.07, 6.45) is 80.4. The van der Waals surface area contributed by atoms with E-state index in [1.54, 1.807) is 6.08 Å². The van der Waals surface area contributed by atoms with E-state index in [1.807, 2.05) is 6.08 Å². The lowest BCUT2D eigenvalue weighted by atomic mass is 10.0. The van der Waals surface area contributed by atoms with Crippen molar-refractivity contribution in [2.75, 3.05) is 13.2 Å². The number of allylic oxidation sites excluding steroid dienone is 7. The first-order valence-corrected chi connectivity index (χ1v) is 32.4. The van der Waals surface area contributed by atoms with Gasteiger partial charge in [-0.25, -0.2) is 0 Å². The first-order chi connectivity index (χ1) is 36.0. The van der Waals surface area contributed by atoms with Crippen LogP contribution in [0.1, 0.15) is 341 Å².